The molecule has 0 aliphatic heterocycles. The molecule has 5 nitrogen and oxygen atoms in total. The molecule has 0 saturated heterocycles. The normalized spacial score (nSPS) is 10.2. The fourth-order valence-corrected chi connectivity index (χ4v) is 1.74. The number of carboxylic acids is 1. The predicted molar refractivity (Wildman–Crippen MR) is 73.8 cm³/mol. The minimum atomic E-state index is -0.979. The van der Waals surface area contributed by atoms with Gasteiger partial charge in [0.2, 0.25) is 0 Å². The van der Waals surface area contributed by atoms with E-state index in [1.165, 1.54) is 12.3 Å². The minimum absolute atomic E-state index is 0.191. The summed E-state index contributed by atoms with van der Waals surface area (Å²) < 4.78 is 5.17. The molecule has 1 heterocycles. The SMILES string of the molecule is CN(C)c1cccc(NCc2occc2C(=O)O)c1. The summed E-state index contributed by atoms with van der Waals surface area (Å²) in [6, 6.07) is 9.31. The summed E-state index contributed by atoms with van der Waals surface area (Å²) in [5.41, 5.74) is 2.18. The second-order valence-corrected chi connectivity index (χ2v) is 4.36. The van der Waals surface area contributed by atoms with E-state index >= 15 is 0 Å². The molecule has 2 rings (SSSR count). The van der Waals surface area contributed by atoms with Crippen molar-refractivity contribution in [2.75, 3.05) is 24.3 Å². The highest BCUT2D eigenvalue weighted by Crippen LogP contribution is 2.19. The van der Waals surface area contributed by atoms with Crippen molar-refractivity contribution >= 4 is 17.3 Å². The van der Waals surface area contributed by atoms with Gasteiger partial charge in [-0.2, -0.15) is 0 Å². The number of hydrogen-bond donors (Lipinski definition) is 2. The summed E-state index contributed by atoms with van der Waals surface area (Å²) in [6.07, 6.45) is 1.39. The molecular formula is C14H16N2O3. The van der Waals surface area contributed by atoms with Crippen LogP contribution in [0.25, 0.3) is 0 Å². The quantitative estimate of drug-likeness (QED) is 0.865. The van der Waals surface area contributed by atoms with Crippen LogP contribution in [-0.2, 0) is 6.54 Å². The third-order valence-corrected chi connectivity index (χ3v) is 2.79. The van der Waals surface area contributed by atoms with E-state index in [1.807, 2.05) is 43.3 Å². The van der Waals surface area contributed by atoms with Gasteiger partial charge < -0.3 is 19.7 Å². The Labute approximate surface area is 111 Å². The molecule has 0 aliphatic rings. The first-order valence-electron chi connectivity index (χ1n) is 5.89. The van der Waals surface area contributed by atoms with Crippen LogP contribution in [0.5, 0.6) is 0 Å². The topological polar surface area (TPSA) is 65.7 Å². The van der Waals surface area contributed by atoms with Gasteiger partial charge in [0.15, 0.2) is 0 Å². The molecule has 2 N–H and O–H groups in total. The van der Waals surface area contributed by atoms with E-state index in [4.69, 9.17) is 9.52 Å². The highest BCUT2D eigenvalue weighted by Gasteiger charge is 2.12. The van der Waals surface area contributed by atoms with Crippen molar-refractivity contribution in [1.29, 1.82) is 0 Å². The van der Waals surface area contributed by atoms with Crippen LogP contribution in [0.3, 0.4) is 0 Å². The second-order valence-electron chi connectivity index (χ2n) is 4.36. The highest BCUT2D eigenvalue weighted by molar-refractivity contribution is 5.88. The smallest absolute Gasteiger partial charge is 0.339 e. The zero-order valence-electron chi connectivity index (χ0n) is 10.9. The van der Waals surface area contributed by atoms with Gasteiger partial charge in [-0.3, -0.25) is 0 Å². The van der Waals surface area contributed by atoms with Gasteiger partial charge in [-0.05, 0) is 24.3 Å². The van der Waals surface area contributed by atoms with Crippen molar-refractivity contribution in [3.8, 4) is 0 Å². The zero-order chi connectivity index (χ0) is 13.8. The molecule has 0 saturated carbocycles. The van der Waals surface area contributed by atoms with Crippen molar-refractivity contribution in [3.63, 3.8) is 0 Å². The molecule has 0 fully saturated rings. The summed E-state index contributed by atoms with van der Waals surface area (Å²) in [7, 11) is 3.93. The van der Waals surface area contributed by atoms with E-state index in [0.717, 1.165) is 11.4 Å². The van der Waals surface area contributed by atoms with E-state index in [1.54, 1.807) is 0 Å². The maximum Gasteiger partial charge on any atom is 0.339 e. The van der Waals surface area contributed by atoms with Crippen LogP contribution in [0.15, 0.2) is 41.0 Å². The van der Waals surface area contributed by atoms with E-state index < -0.39 is 5.97 Å². The Hall–Kier alpha value is -2.43. The Kier molecular flexibility index (Phi) is 3.75. The van der Waals surface area contributed by atoms with Crippen LogP contribution < -0.4 is 10.2 Å². The number of nitrogens with zero attached hydrogens (tertiary/aromatic N) is 1. The van der Waals surface area contributed by atoms with Gasteiger partial charge in [-0.25, -0.2) is 4.79 Å². The minimum Gasteiger partial charge on any atom is -0.478 e. The summed E-state index contributed by atoms with van der Waals surface area (Å²) in [6.45, 7) is 0.339. The van der Waals surface area contributed by atoms with E-state index in [0.29, 0.717) is 12.3 Å². The summed E-state index contributed by atoms with van der Waals surface area (Å²) in [4.78, 5) is 12.9. The van der Waals surface area contributed by atoms with Crippen LogP contribution in [-0.4, -0.2) is 25.2 Å². The van der Waals surface area contributed by atoms with Crippen molar-refractivity contribution in [2.45, 2.75) is 6.54 Å². The van der Waals surface area contributed by atoms with E-state index in [2.05, 4.69) is 5.32 Å². The highest BCUT2D eigenvalue weighted by atomic mass is 16.4. The average molecular weight is 260 g/mol. The second kappa shape index (κ2) is 5.48. The lowest BCUT2D eigenvalue weighted by Crippen LogP contribution is -2.09. The lowest BCUT2D eigenvalue weighted by molar-refractivity contribution is 0.0694. The number of aromatic carboxylic acids is 1. The Balaban J connectivity index is 2.08. The molecule has 5 heteroatoms. The fraction of sp³-hybridized carbons (Fsp3) is 0.214. The fourth-order valence-electron chi connectivity index (χ4n) is 1.74. The van der Waals surface area contributed by atoms with Crippen molar-refractivity contribution < 1.29 is 14.3 Å². The molecule has 100 valence electrons. The molecule has 0 unspecified atom stereocenters. The van der Waals surface area contributed by atoms with Crippen LogP contribution in [0.1, 0.15) is 16.1 Å². The van der Waals surface area contributed by atoms with E-state index in [9.17, 15) is 4.79 Å². The molecule has 0 aliphatic carbocycles. The number of benzene rings is 1. The molecule has 0 atom stereocenters. The first kappa shape index (κ1) is 13.0. The maximum absolute atomic E-state index is 10.9. The number of rotatable bonds is 5. The van der Waals surface area contributed by atoms with Gasteiger partial charge >= 0.3 is 5.97 Å². The Morgan fingerprint density at radius 2 is 2.16 bits per heavy atom. The van der Waals surface area contributed by atoms with Crippen LogP contribution in [0.4, 0.5) is 11.4 Å². The molecule has 0 radical (unpaired) electrons. The van der Waals surface area contributed by atoms with Crippen molar-refractivity contribution in [1.82, 2.24) is 0 Å². The zero-order valence-corrected chi connectivity index (χ0v) is 10.9. The van der Waals surface area contributed by atoms with Crippen molar-refractivity contribution in [3.05, 3.63) is 47.9 Å². The standard InChI is InChI=1S/C14H16N2O3/c1-16(2)11-5-3-4-10(8-11)15-9-13-12(14(17)18)6-7-19-13/h3-8,15H,9H2,1-2H3,(H,17,18). The van der Waals surface area contributed by atoms with Gasteiger partial charge in [-0.15, -0.1) is 0 Å². The Bertz CT molecular complexity index is 576. The van der Waals surface area contributed by atoms with Gasteiger partial charge in [0.25, 0.3) is 0 Å². The summed E-state index contributed by atoms with van der Waals surface area (Å²) in [5, 5.41) is 12.1. The third-order valence-electron chi connectivity index (χ3n) is 2.79. The van der Waals surface area contributed by atoms with Crippen molar-refractivity contribution in [2.24, 2.45) is 0 Å². The molecule has 1 aromatic carbocycles. The molecule has 0 bridgehead atoms. The number of carbonyl (C=O) groups is 1. The monoisotopic (exact) mass is 260 g/mol. The molecule has 0 spiro atoms. The first-order chi connectivity index (χ1) is 9.08. The van der Waals surface area contributed by atoms with Gasteiger partial charge in [0, 0.05) is 25.5 Å². The maximum atomic E-state index is 10.9. The number of hydrogen-bond acceptors (Lipinski definition) is 4. The van der Waals surface area contributed by atoms with Crippen LogP contribution in [0.2, 0.25) is 0 Å². The lowest BCUT2D eigenvalue weighted by atomic mass is 10.2. The number of furan rings is 1. The van der Waals surface area contributed by atoms with Gasteiger partial charge in [0.05, 0.1) is 12.8 Å². The van der Waals surface area contributed by atoms with Crippen LogP contribution in [0, 0.1) is 0 Å². The van der Waals surface area contributed by atoms with E-state index in [-0.39, 0.29) is 5.56 Å². The number of nitrogens with one attached hydrogen (secondary N) is 1. The summed E-state index contributed by atoms with van der Waals surface area (Å²) in [5.74, 6) is -0.560. The summed E-state index contributed by atoms with van der Waals surface area (Å²) >= 11 is 0. The predicted octanol–water partition coefficient (Wildman–Crippen LogP) is 2.66. The first-order valence-corrected chi connectivity index (χ1v) is 5.89. The molecule has 19 heavy (non-hydrogen) atoms. The third kappa shape index (κ3) is 3.07. The molecular weight excluding hydrogens is 244 g/mol. The lowest BCUT2D eigenvalue weighted by Gasteiger charge is -2.14. The Morgan fingerprint density at radius 3 is 2.84 bits per heavy atom. The molecule has 1 aromatic heterocycles. The van der Waals surface area contributed by atoms with Gasteiger partial charge in [0.1, 0.15) is 11.3 Å². The van der Waals surface area contributed by atoms with Gasteiger partial charge in [-0.1, -0.05) is 6.07 Å². The molecule has 2 aromatic rings. The number of anilines is 2. The largest absolute Gasteiger partial charge is 0.478 e. The Morgan fingerprint density at radius 1 is 1.37 bits per heavy atom. The average Bonchev–Trinajstić information content (AvgIpc) is 2.85. The van der Waals surface area contributed by atoms with Crippen LogP contribution >= 0.6 is 0 Å². The number of carboxylic acid groups (broad SMARTS) is 1. The molecule has 0 amide bonds.